The van der Waals surface area contributed by atoms with Crippen molar-refractivity contribution in [2.24, 2.45) is 0 Å². The lowest BCUT2D eigenvalue weighted by Gasteiger charge is -2.18. The van der Waals surface area contributed by atoms with Crippen molar-refractivity contribution in [1.82, 2.24) is 10.2 Å². The minimum absolute atomic E-state index is 0.398. The monoisotopic (exact) mass is 346 g/mol. The molecule has 0 bridgehead atoms. The van der Waals surface area contributed by atoms with Gasteiger partial charge in [-0.2, -0.15) is 18.3 Å². The lowest BCUT2D eigenvalue weighted by molar-refractivity contribution is -0.137. The standard InChI is InChI=1S/C18H13F3N2O2/c19-18(20,21)13-3-1-2-11(8-13)14-10-15(23-22-14)12-4-5-16-17(9-12)25-7-6-24-16/h1-5,8-10H,6-7H2,(H,22,23). The van der Waals surface area contributed by atoms with E-state index < -0.39 is 11.7 Å². The van der Waals surface area contributed by atoms with Crippen LogP contribution in [0.5, 0.6) is 11.5 Å². The number of halogens is 3. The molecule has 3 aromatic rings. The Labute approximate surface area is 141 Å². The summed E-state index contributed by atoms with van der Waals surface area (Å²) < 4.78 is 49.6. The van der Waals surface area contributed by atoms with E-state index in [1.165, 1.54) is 6.07 Å². The van der Waals surface area contributed by atoms with Crippen molar-refractivity contribution in [2.45, 2.75) is 6.18 Å². The summed E-state index contributed by atoms with van der Waals surface area (Å²) in [5.41, 5.74) is 1.64. The van der Waals surface area contributed by atoms with Crippen LogP contribution in [0, 0.1) is 0 Å². The summed E-state index contributed by atoms with van der Waals surface area (Å²) in [5, 5.41) is 6.99. The first kappa shape index (κ1) is 15.6. The van der Waals surface area contributed by atoms with E-state index in [9.17, 15) is 13.2 Å². The molecule has 7 heteroatoms. The van der Waals surface area contributed by atoms with Crippen molar-refractivity contribution in [1.29, 1.82) is 0 Å². The lowest BCUT2D eigenvalue weighted by Crippen LogP contribution is -2.15. The van der Waals surface area contributed by atoms with Crippen molar-refractivity contribution >= 4 is 0 Å². The van der Waals surface area contributed by atoms with Gasteiger partial charge < -0.3 is 9.47 Å². The van der Waals surface area contributed by atoms with Crippen LogP contribution in [-0.4, -0.2) is 23.4 Å². The quantitative estimate of drug-likeness (QED) is 0.741. The molecular weight excluding hydrogens is 333 g/mol. The predicted octanol–water partition coefficient (Wildman–Crippen LogP) is 4.53. The molecule has 4 nitrogen and oxygen atoms in total. The zero-order valence-corrected chi connectivity index (χ0v) is 12.9. The molecule has 0 spiro atoms. The van der Waals surface area contributed by atoms with Crippen LogP contribution in [0.4, 0.5) is 13.2 Å². The third-order valence-electron chi connectivity index (χ3n) is 3.92. The van der Waals surface area contributed by atoms with Crippen LogP contribution in [0.1, 0.15) is 5.56 Å². The maximum absolute atomic E-state index is 12.9. The van der Waals surface area contributed by atoms with Gasteiger partial charge in [0.2, 0.25) is 0 Å². The summed E-state index contributed by atoms with van der Waals surface area (Å²) >= 11 is 0. The average Bonchev–Trinajstić information content (AvgIpc) is 3.11. The van der Waals surface area contributed by atoms with Gasteiger partial charge in [0.05, 0.1) is 17.0 Å². The van der Waals surface area contributed by atoms with Gasteiger partial charge in [-0.25, -0.2) is 0 Å². The number of fused-ring (bicyclic) bond motifs is 1. The second-order valence-electron chi connectivity index (χ2n) is 5.60. The van der Waals surface area contributed by atoms with E-state index in [1.807, 2.05) is 12.1 Å². The zero-order valence-electron chi connectivity index (χ0n) is 12.9. The van der Waals surface area contributed by atoms with Crippen LogP contribution in [0.25, 0.3) is 22.5 Å². The lowest BCUT2D eigenvalue weighted by atomic mass is 10.1. The molecular formula is C18H13F3N2O2. The number of alkyl halides is 3. The summed E-state index contributed by atoms with van der Waals surface area (Å²) in [6.45, 7) is 0.991. The Morgan fingerprint density at radius 1 is 0.880 bits per heavy atom. The molecule has 1 aliphatic heterocycles. The fraction of sp³-hybridized carbons (Fsp3) is 0.167. The second kappa shape index (κ2) is 5.84. The third kappa shape index (κ3) is 3.05. The molecule has 0 aliphatic carbocycles. The topological polar surface area (TPSA) is 47.1 Å². The van der Waals surface area contributed by atoms with Crippen LogP contribution < -0.4 is 9.47 Å². The van der Waals surface area contributed by atoms with Gasteiger partial charge in [0, 0.05) is 11.1 Å². The van der Waals surface area contributed by atoms with Gasteiger partial charge in [0.1, 0.15) is 13.2 Å². The Kier molecular flexibility index (Phi) is 3.63. The number of rotatable bonds is 2. The first-order valence-corrected chi connectivity index (χ1v) is 7.64. The normalized spacial score (nSPS) is 13.7. The van der Waals surface area contributed by atoms with Crippen LogP contribution in [0.3, 0.4) is 0 Å². The van der Waals surface area contributed by atoms with E-state index in [4.69, 9.17) is 9.47 Å². The Hall–Kier alpha value is -2.96. The number of nitrogens with one attached hydrogen (secondary N) is 1. The number of H-pyrrole nitrogens is 1. The molecule has 0 fully saturated rings. The van der Waals surface area contributed by atoms with Gasteiger partial charge >= 0.3 is 6.18 Å². The fourth-order valence-corrected chi connectivity index (χ4v) is 2.68. The molecule has 1 aromatic heterocycles. The summed E-state index contributed by atoms with van der Waals surface area (Å²) in [5.74, 6) is 1.31. The van der Waals surface area contributed by atoms with Crippen molar-refractivity contribution in [3.8, 4) is 34.0 Å². The summed E-state index contributed by atoms with van der Waals surface area (Å²) in [6.07, 6.45) is -4.38. The van der Waals surface area contributed by atoms with Crippen molar-refractivity contribution in [3.05, 3.63) is 54.1 Å². The molecule has 1 N–H and O–H groups in total. The summed E-state index contributed by atoms with van der Waals surface area (Å²) in [7, 11) is 0. The summed E-state index contributed by atoms with van der Waals surface area (Å²) in [6, 6.07) is 12.3. The molecule has 0 amide bonds. The van der Waals surface area contributed by atoms with Crippen LogP contribution in [-0.2, 0) is 6.18 Å². The minimum Gasteiger partial charge on any atom is -0.486 e. The highest BCUT2D eigenvalue weighted by Gasteiger charge is 2.30. The third-order valence-corrected chi connectivity index (χ3v) is 3.92. The molecule has 2 heterocycles. The number of hydrogen-bond donors (Lipinski definition) is 1. The maximum Gasteiger partial charge on any atom is 0.416 e. The summed E-state index contributed by atoms with van der Waals surface area (Å²) in [4.78, 5) is 0. The molecule has 0 saturated heterocycles. The highest BCUT2D eigenvalue weighted by atomic mass is 19.4. The van der Waals surface area contributed by atoms with Crippen LogP contribution in [0.15, 0.2) is 48.5 Å². The van der Waals surface area contributed by atoms with Gasteiger partial charge in [0.25, 0.3) is 0 Å². The molecule has 0 saturated carbocycles. The predicted molar refractivity (Wildman–Crippen MR) is 85.5 cm³/mol. The average molecular weight is 346 g/mol. The van der Waals surface area contributed by atoms with Crippen molar-refractivity contribution in [3.63, 3.8) is 0 Å². The van der Waals surface area contributed by atoms with E-state index >= 15 is 0 Å². The first-order valence-electron chi connectivity index (χ1n) is 7.64. The Balaban J connectivity index is 1.67. The number of aromatic nitrogens is 2. The van der Waals surface area contributed by atoms with E-state index in [-0.39, 0.29) is 0 Å². The van der Waals surface area contributed by atoms with Crippen molar-refractivity contribution < 1.29 is 22.6 Å². The minimum atomic E-state index is -4.38. The molecule has 0 radical (unpaired) electrons. The largest absolute Gasteiger partial charge is 0.486 e. The number of nitrogens with zero attached hydrogens (tertiary/aromatic N) is 1. The number of benzene rings is 2. The Bertz CT molecular complexity index is 919. The van der Waals surface area contributed by atoms with E-state index in [2.05, 4.69) is 10.2 Å². The molecule has 1 aliphatic rings. The molecule has 2 aromatic carbocycles. The Morgan fingerprint density at radius 3 is 2.48 bits per heavy atom. The van der Waals surface area contributed by atoms with Crippen LogP contribution >= 0.6 is 0 Å². The van der Waals surface area contributed by atoms with E-state index in [0.717, 1.165) is 17.7 Å². The first-order chi connectivity index (χ1) is 12.0. The maximum atomic E-state index is 12.9. The number of aromatic amines is 1. The van der Waals surface area contributed by atoms with E-state index in [1.54, 1.807) is 18.2 Å². The number of ether oxygens (including phenoxy) is 2. The second-order valence-corrected chi connectivity index (χ2v) is 5.60. The molecule has 0 unspecified atom stereocenters. The smallest absolute Gasteiger partial charge is 0.416 e. The molecule has 128 valence electrons. The fourth-order valence-electron chi connectivity index (χ4n) is 2.68. The van der Waals surface area contributed by atoms with Gasteiger partial charge in [-0.15, -0.1) is 0 Å². The molecule has 0 atom stereocenters. The van der Waals surface area contributed by atoms with Crippen LogP contribution in [0.2, 0.25) is 0 Å². The highest BCUT2D eigenvalue weighted by Crippen LogP contribution is 2.35. The van der Waals surface area contributed by atoms with Gasteiger partial charge in [-0.3, -0.25) is 5.10 Å². The molecule has 25 heavy (non-hydrogen) atoms. The number of hydrogen-bond acceptors (Lipinski definition) is 3. The zero-order chi connectivity index (χ0) is 17.4. The van der Waals surface area contributed by atoms with Gasteiger partial charge in [-0.1, -0.05) is 12.1 Å². The van der Waals surface area contributed by atoms with E-state index in [0.29, 0.717) is 41.7 Å². The van der Waals surface area contributed by atoms with Crippen molar-refractivity contribution in [2.75, 3.05) is 13.2 Å². The SMILES string of the molecule is FC(F)(F)c1cccc(-c2cc(-c3ccc4c(c3)OCCO4)[nH]n2)c1. The van der Waals surface area contributed by atoms with Gasteiger partial charge in [0.15, 0.2) is 11.5 Å². The Morgan fingerprint density at radius 2 is 1.68 bits per heavy atom. The van der Waals surface area contributed by atoms with Gasteiger partial charge in [-0.05, 0) is 36.4 Å². The highest BCUT2D eigenvalue weighted by molar-refractivity contribution is 5.70. The molecule has 4 rings (SSSR count).